The van der Waals surface area contributed by atoms with Gasteiger partial charge in [0.1, 0.15) is 0 Å². The Hall–Kier alpha value is -0.830. The summed E-state index contributed by atoms with van der Waals surface area (Å²) in [6, 6.07) is 0.498. The predicted octanol–water partition coefficient (Wildman–Crippen LogP) is 5.20. The molecule has 3 nitrogen and oxygen atoms in total. The summed E-state index contributed by atoms with van der Waals surface area (Å²) < 4.78 is 6.47. The molecule has 1 saturated heterocycles. The molecule has 2 saturated carbocycles. The lowest BCUT2D eigenvalue weighted by Crippen LogP contribution is -2.60. The van der Waals surface area contributed by atoms with Gasteiger partial charge in [-0.25, -0.2) is 0 Å². The molecule has 27 heavy (non-hydrogen) atoms. The van der Waals surface area contributed by atoms with Crippen LogP contribution in [0, 0.1) is 28.6 Å². The molecule has 4 rings (SSSR count). The molecule has 0 aromatic carbocycles. The molecule has 0 bridgehead atoms. The molecular weight excluding hydrogens is 334 g/mol. The third-order valence-electron chi connectivity index (χ3n) is 8.72. The zero-order chi connectivity index (χ0) is 19.8. The second kappa shape index (κ2) is 6.08. The molecule has 0 unspecified atom stereocenters. The Bertz CT molecular complexity index is 662. The van der Waals surface area contributed by atoms with Crippen molar-refractivity contribution in [1.29, 1.82) is 0 Å². The summed E-state index contributed by atoms with van der Waals surface area (Å²) in [6.45, 7) is 14.0. The van der Waals surface area contributed by atoms with Crippen LogP contribution >= 0.6 is 0 Å². The van der Waals surface area contributed by atoms with E-state index in [1.54, 1.807) is 0 Å². The molecule has 1 aliphatic heterocycles. The molecule has 152 valence electrons. The van der Waals surface area contributed by atoms with Crippen LogP contribution in [0.4, 0.5) is 0 Å². The largest absolute Gasteiger partial charge is 0.374 e. The monoisotopic (exact) mass is 373 g/mol. The molecule has 7 atom stereocenters. The molecule has 3 aliphatic carbocycles. The van der Waals surface area contributed by atoms with Crippen LogP contribution in [0.5, 0.6) is 0 Å². The van der Waals surface area contributed by atoms with Crippen molar-refractivity contribution in [2.24, 2.45) is 28.6 Å². The highest BCUT2D eigenvalue weighted by Gasteiger charge is 2.61. The van der Waals surface area contributed by atoms with E-state index in [1.165, 1.54) is 31.4 Å². The van der Waals surface area contributed by atoms with Gasteiger partial charge in [-0.05, 0) is 83.0 Å². The first kappa shape index (κ1) is 19.5. The molecule has 0 amide bonds. The minimum absolute atomic E-state index is 0.0610. The number of likely N-dealkylation sites (tertiary alicyclic amines) is 1. The van der Waals surface area contributed by atoms with Crippen molar-refractivity contribution in [3.8, 4) is 0 Å². The molecule has 0 spiro atoms. The number of ketones is 1. The summed E-state index contributed by atoms with van der Waals surface area (Å²) in [6.07, 6.45) is 9.17. The predicted molar refractivity (Wildman–Crippen MR) is 109 cm³/mol. The molecule has 0 N–H and O–H groups in total. The van der Waals surface area contributed by atoms with Gasteiger partial charge in [0.25, 0.3) is 0 Å². The first-order valence-electron chi connectivity index (χ1n) is 11.1. The van der Waals surface area contributed by atoms with E-state index in [1.807, 2.05) is 6.08 Å². The Balaban J connectivity index is 1.67. The van der Waals surface area contributed by atoms with E-state index in [9.17, 15) is 4.79 Å². The van der Waals surface area contributed by atoms with E-state index in [-0.39, 0.29) is 11.0 Å². The Morgan fingerprint density at radius 2 is 1.89 bits per heavy atom. The van der Waals surface area contributed by atoms with Crippen LogP contribution in [-0.4, -0.2) is 35.5 Å². The van der Waals surface area contributed by atoms with E-state index < -0.39 is 0 Å². The van der Waals surface area contributed by atoms with Crippen molar-refractivity contribution in [2.45, 2.75) is 97.8 Å². The van der Waals surface area contributed by atoms with Gasteiger partial charge in [-0.15, -0.1) is 0 Å². The maximum Gasteiger partial charge on any atom is 0.157 e. The molecule has 0 radical (unpaired) electrons. The van der Waals surface area contributed by atoms with Gasteiger partial charge >= 0.3 is 0 Å². The third-order valence-corrected chi connectivity index (χ3v) is 8.72. The third kappa shape index (κ3) is 2.99. The Labute approximate surface area is 165 Å². The number of nitrogens with zero attached hydrogens (tertiary/aromatic N) is 1. The topological polar surface area (TPSA) is 29.5 Å². The van der Waals surface area contributed by atoms with Gasteiger partial charge in [0.2, 0.25) is 0 Å². The number of piperidine rings is 1. The number of allylic oxidation sites excluding steroid dienone is 2. The highest BCUT2D eigenvalue weighted by molar-refractivity contribution is 5.91. The molecule has 3 fully saturated rings. The molecule has 4 aliphatic rings. The fourth-order valence-corrected chi connectivity index (χ4v) is 7.45. The first-order valence-corrected chi connectivity index (χ1v) is 11.1. The maximum atomic E-state index is 12.2. The number of hydrogen-bond donors (Lipinski definition) is 0. The summed E-state index contributed by atoms with van der Waals surface area (Å²) in [5.41, 5.74) is 1.84. The van der Waals surface area contributed by atoms with Crippen molar-refractivity contribution >= 4 is 5.78 Å². The first-order chi connectivity index (χ1) is 12.4. The number of ether oxygens (including phenoxy) is 1. The molecule has 0 aromatic heterocycles. The molecule has 0 aromatic rings. The van der Waals surface area contributed by atoms with Gasteiger partial charge in [-0.1, -0.05) is 13.8 Å². The summed E-state index contributed by atoms with van der Waals surface area (Å²) in [5, 5.41) is 0. The Morgan fingerprint density at radius 3 is 2.56 bits per heavy atom. The Morgan fingerprint density at radius 1 is 1.19 bits per heavy atom. The number of carbonyl (C=O) groups excluding carboxylic acids is 1. The number of carbonyl (C=O) groups is 1. The van der Waals surface area contributed by atoms with Crippen LogP contribution in [0.25, 0.3) is 0 Å². The SMILES string of the molecule is C[C@@H]1[C@H]2[C@@H]3C[C@H](OC(C)(C)C)C[C@@]3(C)CC[C@@H]2[C@@]2(C)CCC(=O)C=C2N1C. The lowest BCUT2D eigenvalue weighted by Gasteiger charge is -2.62. The summed E-state index contributed by atoms with van der Waals surface area (Å²) >= 11 is 0. The van der Waals surface area contributed by atoms with Crippen molar-refractivity contribution < 1.29 is 9.53 Å². The van der Waals surface area contributed by atoms with Crippen molar-refractivity contribution in [2.75, 3.05) is 7.05 Å². The average Bonchev–Trinajstić information content (AvgIpc) is 2.87. The van der Waals surface area contributed by atoms with Crippen LogP contribution in [0.15, 0.2) is 11.8 Å². The minimum atomic E-state index is -0.0610. The molecular formula is C24H39NO2. The van der Waals surface area contributed by atoms with Gasteiger partial charge in [0.15, 0.2) is 5.78 Å². The summed E-state index contributed by atoms with van der Waals surface area (Å²) in [7, 11) is 2.23. The Kier molecular flexibility index (Phi) is 4.39. The second-order valence-corrected chi connectivity index (χ2v) is 11.5. The van der Waals surface area contributed by atoms with E-state index in [4.69, 9.17) is 4.74 Å². The van der Waals surface area contributed by atoms with Gasteiger partial charge in [-0.2, -0.15) is 0 Å². The van der Waals surface area contributed by atoms with Crippen molar-refractivity contribution in [3.63, 3.8) is 0 Å². The van der Waals surface area contributed by atoms with E-state index in [2.05, 4.69) is 53.5 Å². The van der Waals surface area contributed by atoms with Crippen molar-refractivity contribution in [3.05, 3.63) is 11.8 Å². The van der Waals surface area contributed by atoms with Crippen LogP contribution in [0.2, 0.25) is 0 Å². The fourth-order valence-electron chi connectivity index (χ4n) is 7.45. The number of rotatable bonds is 1. The highest BCUT2D eigenvalue weighted by Crippen LogP contribution is 2.65. The van der Waals surface area contributed by atoms with Gasteiger partial charge in [-0.3, -0.25) is 4.79 Å². The highest BCUT2D eigenvalue weighted by atomic mass is 16.5. The maximum absolute atomic E-state index is 12.2. The van der Waals surface area contributed by atoms with E-state index >= 15 is 0 Å². The van der Waals surface area contributed by atoms with E-state index in [0.717, 1.165) is 18.8 Å². The van der Waals surface area contributed by atoms with Gasteiger partial charge < -0.3 is 9.64 Å². The standard InChI is InChI=1S/C24H39NO2/c1-15-21-18(24(6)11-8-16(26)12-20(24)25(15)7)9-10-23(5)14-17(13-19(21)23)27-22(2,3)4/h12,15,17-19,21H,8-11,13-14H2,1-7H3/t15-,17+,18+,19+,21-,23-,24-/m1/s1. The quantitative estimate of drug-likeness (QED) is 0.633. The number of hydrogen-bond acceptors (Lipinski definition) is 3. The molecule has 1 heterocycles. The van der Waals surface area contributed by atoms with Crippen molar-refractivity contribution in [1.82, 2.24) is 4.90 Å². The second-order valence-electron chi connectivity index (χ2n) is 11.5. The van der Waals surface area contributed by atoms with Crippen LogP contribution in [0.3, 0.4) is 0 Å². The molecule has 3 heteroatoms. The zero-order valence-corrected chi connectivity index (χ0v) is 18.5. The van der Waals surface area contributed by atoms with E-state index in [0.29, 0.717) is 35.2 Å². The normalized spacial score (nSPS) is 47.2. The lowest BCUT2D eigenvalue weighted by atomic mass is 9.49. The minimum Gasteiger partial charge on any atom is -0.374 e. The van der Waals surface area contributed by atoms with Crippen LogP contribution in [-0.2, 0) is 9.53 Å². The summed E-state index contributed by atoms with van der Waals surface area (Å²) in [4.78, 5) is 14.6. The average molecular weight is 374 g/mol. The zero-order valence-electron chi connectivity index (χ0n) is 18.5. The van der Waals surface area contributed by atoms with Gasteiger partial charge in [0, 0.05) is 36.7 Å². The number of fused-ring (bicyclic) bond motifs is 5. The smallest absolute Gasteiger partial charge is 0.157 e. The van der Waals surface area contributed by atoms with Crippen LogP contribution in [0.1, 0.15) is 80.1 Å². The lowest BCUT2D eigenvalue weighted by molar-refractivity contribution is -0.121. The van der Waals surface area contributed by atoms with Gasteiger partial charge in [0.05, 0.1) is 11.7 Å². The summed E-state index contributed by atoms with van der Waals surface area (Å²) in [5.74, 6) is 2.46. The fraction of sp³-hybridized carbons (Fsp3) is 0.875. The van der Waals surface area contributed by atoms with Crippen LogP contribution < -0.4 is 0 Å².